The quantitative estimate of drug-likeness (QED) is 0.263. The molecule has 3 rings (SSSR count). The standard InChI is InChI=1S/C23H25F2N5OS/c1-2-31-15-10-18(24)17(19(25)11-15)13-28-20-8-4-3-7-16(20)21(26)23-29-12-14(6-5-9-32)22(27)30-23/h3-4,7-8,10-12,26,28,32H,2,5-6,9,13H2,1H3,(H2,27,29,30). The number of anilines is 2. The second kappa shape index (κ2) is 10.9. The molecule has 0 amide bonds. The molecule has 0 atom stereocenters. The molecule has 0 fully saturated rings. The number of aryl methyl sites for hydroxylation is 1. The molecule has 0 bridgehead atoms. The van der Waals surface area contributed by atoms with Gasteiger partial charge in [0.2, 0.25) is 0 Å². The first-order valence-corrected chi connectivity index (χ1v) is 10.8. The Hall–Kier alpha value is -3.20. The van der Waals surface area contributed by atoms with E-state index in [-0.39, 0.29) is 29.4 Å². The molecule has 0 unspecified atom stereocenters. The van der Waals surface area contributed by atoms with Crippen molar-refractivity contribution in [3.8, 4) is 5.75 Å². The number of hydrogen-bond donors (Lipinski definition) is 4. The van der Waals surface area contributed by atoms with Crippen molar-refractivity contribution in [2.45, 2.75) is 26.3 Å². The van der Waals surface area contributed by atoms with E-state index in [1.807, 2.05) is 0 Å². The van der Waals surface area contributed by atoms with Crippen molar-refractivity contribution < 1.29 is 13.5 Å². The molecule has 0 radical (unpaired) electrons. The first-order chi connectivity index (χ1) is 15.4. The van der Waals surface area contributed by atoms with Crippen LogP contribution in [-0.4, -0.2) is 28.0 Å². The second-order valence-electron chi connectivity index (χ2n) is 7.00. The molecule has 0 aliphatic heterocycles. The van der Waals surface area contributed by atoms with Crippen LogP contribution in [0.3, 0.4) is 0 Å². The monoisotopic (exact) mass is 457 g/mol. The van der Waals surface area contributed by atoms with Crippen molar-refractivity contribution in [3.63, 3.8) is 0 Å². The Kier molecular flexibility index (Phi) is 7.99. The summed E-state index contributed by atoms with van der Waals surface area (Å²) in [6, 6.07) is 9.27. The van der Waals surface area contributed by atoms with Gasteiger partial charge < -0.3 is 15.8 Å². The topological polar surface area (TPSA) is 96.9 Å². The molecular formula is C23H25F2N5OS. The van der Waals surface area contributed by atoms with E-state index in [2.05, 4.69) is 27.9 Å². The van der Waals surface area contributed by atoms with E-state index in [1.165, 1.54) is 0 Å². The molecule has 0 aliphatic rings. The lowest BCUT2D eigenvalue weighted by atomic mass is 10.1. The lowest BCUT2D eigenvalue weighted by molar-refractivity contribution is 0.335. The number of thiol groups is 1. The van der Waals surface area contributed by atoms with Gasteiger partial charge in [-0.15, -0.1) is 0 Å². The van der Waals surface area contributed by atoms with Crippen LogP contribution in [0.5, 0.6) is 5.75 Å². The van der Waals surface area contributed by atoms with E-state index in [9.17, 15) is 8.78 Å². The number of nitrogens with zero attached hydrogens (tertiary/aromatic N) is 2. The average Bonchev–Trinajstić information content (AvgIpc) is 2.77. The Morgan fingerprint density at radius 3 is 2.59 bits per heavy atom. The Bertz CT molecular complexity index is 1090. The fraction of sp³-hybridized carbons (Fsp3) is 0.261. The van der Waals surface area contributed by atoms with Crippen LogP contribution in [0.2, 0.25) is 0 Å². The molecule has 9 heteroatoms. The zero-order chi connectivity index (χ0) is 23.1. The van der Waals surface area contributed by atoms with Crippen LogP contribution in [0.25, 0.3) is 0 Å². The summed E-state index contributed by atoms with van der Waals surface area (Å²) in [7, 11) is 0. The number of hydrogen-bond acceptors (Lipinski definition) is 7. The highest BCUT2D eigenvalue weighted by Crippen LogP contribution is 2.24. The van der Waals surface area contributed by atoms with E-state index in [4.69, 9.17) is 15.9 Å². The summed E-state index contributed by atoms with van der Waals surface area (Å²) >= 11 is 4.19. The molecule has 0 saturated carbocycles. The predicted octanol–water partition coefficient (Wildman–Crippen LogP) is 4.63. The summed E-state index contributed by atoms with van der Waals surface area (Å²) < 4.78 is 33.9. The van der Waals surface area contributed by atoms with Crippen molar-refractivity contribution in [2.75, 3.05) is 23.4 Å². The number of nitrogen functional groups attached to an aromatic ring is 1. The van der Waals surface area contributed by atoms with Crippen LogP contribution >= 0.6 is 12.6 Å². The Morgan fingerprint density at radius 1 is 1.22 bits per heavy atom. The minimum Gasteiger partial charge on any atom is -0.494 e. The number of ether oxygens (including phenoxy) is 1. The Morgan fingerprint density at radius 2 is 1.94 bits per heavy atom. The molecular weight excluding hydrogens is 432 g/mol. The van der Waals surface area contributed by atoms with E-state index in [1.54, 1.807) is 37.4 Å². The fourth-order valence-corrected chi connectivity index (χ4v) is 3.32. The average molecular weight is 458 g/mol. The highest BCUT2D eigenvalue weighted by atomic mass is 32.1. The number of halogens is 2. The van der Waals surface area contributed by atoms with Crippen molar-refractivity contribution >= 4 is 29.8 Å². The smallest absolute Gasteiger partial charge is 0.180 e. The number of nitrogens with two attached hydrogens (primary N) is 1. The summed E-state index contributed by atoms with van der Waals surface area (Å²) in [6.45, 7) is 1.94. The molecule has 6 nitrogen and oxygen atoms in total. The van der Waals surface area contributed by atoms with Crippen molar-refractivity contribution in [3.05, 3.63) is 76.7 Å². The molecule has 2 aromatic carbocycles. The van der Waals surface area contributed by atoms with Gasteiger partial charge in [-0.3, -0.25) is 5.41 Å². The van der Waals surface area contributed by atoms with Gasteiger partial charge in [0.15, 0.2) is 5.82 Å². The van der Waals surface area contributed by atoms with Gasteiger partial charge >= 0.3 is 0 Å². The molecule has 0 saturated heterocycles. The van der Waals surface area contributed by atoms with E-state index < -0.39 is 11.6 Å². The number of para-hydroxylation sites is 1. The fourth-order valence-electron chi connectivity index (χ4n) is 3.16. The number of benzene rings is 2. The van der Waals surface area contributed by atoms with E-state index in [0.29, 0.717) is 30.1 Å². The predicted molar refractivity (Wildman–Crippen MR) is 126 cm³/mol. The van der Waals surface area contributed by atoms with Crippen molar-refractivity contribution in [1.29, 1.82) is 5.41 Å². The Balaban J connectivity index is 1.81. The molecule has 1 aromatic heterocycles. The third kappa shape index (κ3) is 5.53. The summed E-state index contributed by atoms with van der Waals surface area (Å²) in [5.74, 6) is -0.0508. The first kappa shape index (κ1) is 23.5. The van der Waals surface area contributed by atoms with Gasteiger partial charge in [-0.2, -0.15) is 12.6 Å². The van der Waals surface area contributed by atoms with Crippen LogP contribution in [0, 0.1) is 17.0 Å². The molecule has 4 N–H and O–H groups in total. The molecule has 1 heterocycles. The van der Waals surface area contributed by atoms with Crippen LogP contribution in [-0.2, 0) is 13.0 Å². The zero-order valence-electron chi connectivity index (χ0n) is 17.7. The lowest BCUT2D eigenvalue weighted by Gasteiger charge is -2.14. The summed E-state index contributed by atoms with van der Waals surface area (Å²) in [5.41, 5.74) is 7.78. The van der Waals surface area contributed by atoms with Gasteiger partial charge in [-0.05, 0) is 31.6 Å². The number of rotatable bonds is 10. The van der Waals surface area contributed by atoms with Gasteiger partial charge in [-0.25, -0.2) is 18.7 Å². The van der Waals surface area contributed by atoms with Gasteiger partial charge in [0, 0.05) is 47.3 Å². The third-order valence-electron chi connectivity index (χ3n) is 4.80. The van der Waals surface area contributed by atoms with E-state index in [0.717, 1.165) is 29.9 Å². The number of nitrogens with one attached hydrogen (secondary N) is 2. The van der Waals surface area contributed by atoms with Crippen LogP contribution in [0.1, 0.15) is 35.9 Å². The highest BCUT2D eigenvalue weighted by molar-refractivity contribution is 7.80. The van der Waals surface area contributed by atoms with Crippen LogP contribution in [0.15, 0.2) is 42.6 Å². The maximum atomic E-state index is 14.4. The molecule has 0 aliphatic carbocycles. The van der Waals surface area contributed by atoms with Crippen molar-refractivity contribution in [1.82, 2.24) is 9.97 Å². The number of aromatic nitrogens is 2. The third-order valence-corrected chi connectivity index (χ3v) is 5.12. The largest absolute Gasteiger partial charge is 0.494 e. The normalized spacial score (nSPS) is 10.8. The SMILES string of the molecule is CCOc1cc(F)c(CNc2ccccc2C(=N)c2ncc(CCCS)c(N)n2)c(F)c1. The lowest BCUT2D eigenvalue weighted by Crippen LogP contribution is -2.14. The molecule has 3 aromatic rings. The van der Waals surface area contributed by atoms with Gasteiger partial charge in [-0.1, -0.05) is 18.2 Å². The maximum absolute atomic E-state index is 14.4. The second-order valence-corrected chi connectivity index (χ2v) is 7.45. The molecule has 32 heavy (non-hydrogen) atoms. The summed E-state index contributed by atoms with van der Waals surface area (Å²) in [5, 5.41) is 11.6. The van der Waals surface area contributed by atoms with Crippen molar-refractivity contribution in [2.24, 2.45) is 0 Å². The molecule has 0 spiro atoms. The minimum atomic E-state index is -0.707. The van der Waals surface area contributed by atoms with Crippen LogP contribution in [0.4, 0.5) is 20.3 Å². The minimum absolute atomic E-state index is 0.0492. The van der Waals surface area contributed by atoms with Gasteiger partial charge in [0.1, 0.15) is 28.9 Å². The highest BCUT2D eigenvalue weighted by Gasteiger charge is 2.16. The molecule has 168 valence electrons. The van der Waals surface area contributed by atoms with E-state index >= 15 is 0 Å². The zero-order valence-corrected chi connectivity index (χ0v) is 18.6. The summed E-state index contributed by atoms with van der Waals surface area (Å²) in [6.07, 6.45) is 3.18. The Labute approximate surface area is 191 Å². The van der Waals surface area contributed by atoms with Gasteiger partial charge in [0.05, 0.1) is 6.61 Å². The first-order valence-electron chi connectivity index (χ1n) is 10.2. The van der Waals surface area contributed by atoms with Gasteiger partial charge in [0.25, 0.3) is 0 Å². The van der Waals surface area contributed by atoms with Crippen LogP contribution < -0.4 is 15.8 Å². The summed E-state index contributed by atoms with van der Waals surface area (Å²) in [4.78, 5) is 8.55. The maximum Gasteiger partial charge on any atom is 0.180 e.